The SMILES string of the molecule is CC(C)C(N)C(=O)c1ccccc1Br. The molecule has 0 aliphatic heterocycles. The summed E-state index contributed by atoms with van der Waals surface area (Å²) in [4.78, 5) is 11.9. The van der Waals surface area contributed by atoms with Crippen molar-refractivity contribution in [3.05, 3.63) is 34.3 Å². The molecule has 0 amide bonds. The normalized spacial score (nSPS) is 12.9. The molecule has 76 valence electrons. The van der Waals surface area contributed by atoms with Crippen LogP contribution >= 0.6 is 15.9 Å². The summed E-state index contributed by atoms with van der Waals surface area (Å²) in [5.41, 5.74) is 6.45. The lowest BCUT2D eigenvalue weighted by Gasteiger charge is -2.14. The van der Waals surface area contributed by atoms with Crippen LogP contribution in [-0.4, -0.2) is 11.8 Å². The van der Waals surface area contributed by atoms with E-state index in [1.54, 1.807) is 6.07 Å². The average molecular weight is 256 g/mol. The van der Waals surface area contributed by atoms with E-state index in [0.29, 0.717) is 5.56 Å². The molecular formula is C11H14BrNO. The molecule has 0 spiro atoms. The number of carbonyl (C=O) groups is 1. The first-order valence-corrected chi connectivity index (χ1v) is 5.37. The van der Waals surface area contributed by atoms with Crippen LogP contribution in [0.5, 0.6) is 0 Å². The highest BCUT2D eigenvalue weighted by atomic mass is 79.9. The van der Waals surface area contributed by atoms with Crippen LogP contribution in [0.15, 0.2) is 28.7 Å². The van der Waals surface area contributed by atoms with E-state index in [1.165, 1.54) is 0 Å². The van der Waals surface area contributed by atoms with Gasteiger partial charge in [0.2, 0.25) is 0 Å². The first kappa shape index (κ1) is 11.4. The van der Waals surface area contributed by atoms with E-state index < -0.39 is 6.04 Å². The Labute approximate surface area is 92.6 Å². The molecule has 0 saturated carbocycles. The summed E-state index contributed by atoms with van der Waals surface area (Å²) in [6, 6.07) is 6.93. The summed E-state index contributed by atoms with van der Waals surface area (Å²) >= 11 is 3.34. The van der Waals surface area contributed by atoms with Crippen molar-refractivity contribution in [2.24, 2.45) is 11.7 Å². The largest absolute Gasteiger partial charge is 0.321 e. The van der Waals surface area contributed by atoms with E-state index in [4.69, 9.17) is 5.73 Å². The number of benzene rings is 1. The number of nitrogens with two attached hydrogens (primary N) is 1. The molecule has 14 heavy (non-hydrogen) atoms. The number of ketones is 1. The lowest BCUT2D eigenvalue weighted by atomic mass is 9.96. The molecule has 0 aliphatic rings. The molecule has 1 rings (SSSR count). The van der Waals surface area contributed by atoms with Crippen molar-refractivity contribution < 1.29 is 4.79 Å². The topological polar surface area (TPSA) is 43.1 Å². The van der Waals surface area contributed by atoms with Crippen LogP contribution in [0.4, 0.5) is 0 Å². The van der Waals surface area contributed by atoms with Crippen LogP contribution in [0, 0.1) is 5.92 Å². The molecule has 0 bridgehead atoms. The standard InChI is InChI=1S/C11H14BrNO/c1-7(2)10(13)11(14)8-5-3-4-6-9(8)12/h3-7,10H,13H2,1-2H3. The molecule has 1 aromatic carbocycles. The van der Waals surface area contributed by atoms with Gasteiger partial charge in [0.15, 0.2) is 5.78 Å². The fourth-order valence-electron chi connectivity index (χ4n) is 1.14. The lowest BCUT2D eigenvalue weighted by molar-refractivity contribution is 0.0940. The second-order valence-corrected chi connectivity index (χ2v) is 4.47. The monoisotopic (exact) mass is 255 g/mol. The molecule has 2 N–H and O–H groups in total. The van der Waals surface area contributed by atoms with Gasteiger partial charge in [-0.3, -0.25) is 4.79 Å². The Morgan fingerprint density at radius 1 is 1.36 bits per heavy atom. The van der Waals surface area contributed by atoms with Gasteiger partial charge in [-0.25, -0.2) is 0 Å². The zero-order valence-corrected chi connectivity index (χ0v) is 9.91. The van der Waals surface area contributed by atoms with Gasteiger partial charge in [0, 0.05) is 10.0 Å². The van der Waals surface area contributed by atoms with Gasteiger partial charge in [-0.1, -0.05) is 48.0 Å². The van der Waals surface area contributed by atoms with Crippen molar-refractivity contribution in [2.75, 3.05) is 0 Å². The third kappa shape index (κ3) is 2.42. The van der Waals surface area contributed by atoms with Crippen molar-refractivity contribution in [3.63, 3.8) is 0 Å². The van der Waals surface area contributed by atoms with Gasteiger partial charge in [0.25, 0.3) is 0 Å². The highest BCUT2D eigenvalue weighted by Crippen LogP contribution is 2.18. The van der Waals surface area contributed by atoms with Crippen LogP contribution in [0.25, 0.3) is 0 Å². The van der Waals surface area contributed by atoms with Crippen molar-refractivity contribution in [2.45, 2.75) is 19.9 Å². The number of Topliss-reactive ketones (excluding diaryl/α,β-unsaturated/α-hetero) is 1. The van der Waals surface area contributed by atoms with E-state index in [9.17, 15) is 4.79 Å². The Hall–Kier alpha value is -0.670. The molecule has 0 fully saturated rings. The molecule has 1 atom stereocenters. The van der Waals surface area contributed by atoms with Crippen LogP contribution in [0.2, 0.25) is 0 Å². The molecule has 2 nitrogen and oxygen atoms in total. The maximum absolute atomic E-state index is 11.9. The van der Waals surface area contributed by atoms with E-state index in [1.807, 2.05) is 32.0 Å². The second kappa shape index (κ2) is 4.71. The van der Waals surface area contributed by atoms with E-state index in [2.05, 4.69) is 15.9 Å². The molecule has 1 aromatic rings. The Kier molecular flexibility index (Phi) is 3.84. The maximum Gasteiger partial charge on any atom is 0.180 e. The minimum absolute atomic E-state index is 0.00697. The molecule has 3 heteroatoms. The predicted octanol–water partition coefficient (Wildman–Crippen LogP) is 2.62. The first-order chi connectivity index (χ1) is 6.54. The van der Waals surface area contributed by atoms with Gasteiger partial charge in [-0.2, -0.15) is 0 Å². The van der Waals surface area contributed by atoms with Crippen molar-refractivity contribution in [3.8, 4) is 0 Å². The van der Waals surface area contributed by atoms with Crippen molar-refractivity contribution in [1.82, 2.24) is 0 Å². The number of hydrogen-bond acceptors (Lipinski definition) is 2. The van der Waals surface area contributed by atoms with Crippen molar-refractivity contribution in [1.29, 1.82) is 0 Å². The van der Waals surface area contributed by atoms with E-state index in [-0.39, 0.29) is 11.7 Å². The average Bonchev–Trinajstić information content (AvgIpc) is 2.16. The lowest BCUT2D eigenvalue weighted by Crippen LogP contribution is -2.35. The van der Waals surface area contributed by atoms with Gasteiger partial charge in [0.05, 0.1) is 6.04 Å². The van der Waals surface area contributed by atoms with Gasteiger partial charge < -0.3 is 5.73 Å². The summed E-state index contributed by atoms with van der Waals surface area (Å²) in [5, 5.41) is 0. The van der Waals surface area contributed by atoms with E-state index in [0.717, 1.165) is 4.47 Å². The highest BCUT2D eigenvalue weighted by molar-refractivity contribution is 9.10. The Morgan fingerprint density at radius 2 is 1.93 bits per heavy atom. The predicted molar refractivity (Wildman–Crippen MR) is 61.3 cm³/mol. The smallest absolute Gasteiger partial charge is 0.180 e. The molecule has 0 radical (unpaired) electrons. The summed E-state index contributed by atoms with van der Waals surface area (Å²) in [7, 11) is 0. The highest BCUT2D eigenvalue weighted by Gasteiger charge is 2.20. The fraction of sp³-hybridized carbons (Fsp3) is 0.364. The zero-order valence-electron chi connectivity index (χ0n) is 8.33. The summed E-state index contributed by atoms with van der Waals surface area (Å²) < 4.78 is 0.807. The Bertz CT molecular complexity index is 336. The number of carbonyl (C=O) groups excluding carboxylic acids is 1. The zero-order chi connectivity index (χ0) is 10.7. The third-order valence-corrected chi connectivity index (χ3v) is 2.85. The quantitative estimate of drug-likeness (QED) is 0.845. The summed E-state index contributed by atoms with van der Waals surface area (Å²) in [6.45, 7) is 3.89. The third-order valence-electron chi connectivity index (χ3n) is 2.16. The van der Waals surface area contributed by atoms with Gasteiger partial charge in [-0.05, 0) is 12.0 Å². The minimum atomic E-state index is -0.423. The second-order valence-electron chi connectivity index (χ2n) is 3.61. The number of halogens is 1. The minimum Gasteiger partial charge on any atom is -0.321 e. The molecule has 1 unspecified atom stereocenters. The number of hydrogen-bond donors (Lipinski definition) is 1. The van der Waals surface area contributed by atoms with Crippen LogP contribution in [-0.2, 0) is 0 Å². The molecule has 0 saturated heterocycles. The van der Waals surface area contributed by atoms with Crippen LogP contribution < -0.4 is 5.73 Å². The number of rotatable bonds is 3. The fourth-order valence-corrected chi connectivity index (χ4v) is 1.62. The summed E-state index contributed by atoms with van der Waals surface area (Å²) in [5.74, 6) is 0.155. The van der Waals surface area contributed by atoms with Crippen LogP contribution in [0.3, 0.4) is 0 Å². The molecular weight excluding hydrogens is 242 g/mol. The Morgan fingerprint density at radius 3 is 2.43 bits per heavy atom. The maximum atomic E-state index is 11.9. The Balaban J connectivity index is 2.95. The summed E-state index contributed by atoms with van der Waals surface area (Å²) in [6.07, 6.45) is 0. The van der Waals surface area contributed by atoms with E-state index >= 15 is 0 Å². The van der Waals surface area contributed by atoms with Crippen LogP contribution in [0.1, 0.15) is 24.2 Å². The van der Waals surface area contributed by atoms with Gasteiger partial charge >= 0.3 is 0 Å². The molecule has 0 aromatic heterocycles. The molecule has 0 aliphatic carbocycles. The molecule has 0 heterocycles. The van der Waals surface area contributed by atoms with Gasteiger partial charge in [0.1, 0.15) is 0 Å². The first-order valence-electron chi connectivity index (χ1n) is 4.58. The van der Waals surface area contributed by atoms with Crippen molar-refractivity contribution >= 4 is 21.7 Å². The van der Waals surface area contributed by atoms with Gasteiger partial charge in [-0.15, -0.1) is 0 Å².